The van der Waals surface area contributed by atoms with Crippen molar-refractivity contribution in [3.05, 3.63) is 83.1 Å². The van der Waals surface area contributed by atoms with Gasteiger partial charge in [0.05, 0.1) is 16.1 Å². The van der Waals surface area contributed by atoms with Crippen LogP contribution in [-0.4, -0.2) is 14.3 Å². The summed E-state index contributed by atoms with van der Waals surface area (Å²) in [5, 5.41) is 0.260. The Morgan fingerprint density at radius 3 is 2.04 bits per heavy atom. The number of halogens is 2. The zero-order valence-electron chi connectivity index (χ0n) is 13.8. The van der Waals surface area contributed by atoms with Crippen molar-refractivity contribution in [2.24, 2.45) is 5.73 Å². The zero-order valence-corrected chi connectivity index (χ0v) is 15.4. The highest BCUT2D eigenvalue weighted by atomic mass is 35.5. The van der Waals surface area contributed by atoms with Crippen LogP contribution in [-0.2, 0) is 10.0 Å². The smallest absolute Gasteiger partial charge is 0.261 e. The van der Waals surface area contributed by atoms with Gasteiger partial charge in [0.2, 0.25) is 0 Å². The van der Waals surface area contributed by atoms with E-state index in [0.29, 0.717) is 0 Å². The zero-order chi connectivity index (χ0) is 19.6. The minimum Gasteiger partial charge on any atom is -0.366 e. The van der Waals surface area contributed by atoms with E-state index in [-0.39, 0.29) is 27.0 Å². The molecule has 0 aliphatic heterocycles. The number of nitrogens with one attached hydrogen (secondary N) is 1. The molecule has 1 amide bonds. The van der Waals surface area contributed by atoms with Gasteiger partial charge in [-0.05, 0) is 53.6 Å². The lowest BCUT2D eigenvalue weighted by atomic mass is 10.1. The van der Waals surface area contributed by atoms with E-state index in [1.807, 2.05) is 0 Å². The second-order valence-electron chi connectivity index (χ2n) is 5.69. The van der Waals surface area contributed by atoms with Gasteiger partial charge in [0.15, 0.2) is 0 Å². The van der Waals surface area contributed by atoms with Crippen molar-refractivity contribution in [1.29, 1.82) is 0 Å². The fraction of sp³-hybridized carbons (Fsp3) is 0. The molecular weight excluding hydrogens is 391 g/mol. The summed E-state index contributed by atoms with van der Waals surface area (Å²) in [6.45, 7) is 0. The maximum absolute atomic E-state index is 13.0. The highest BCUT2D eigenvalue weighted by Gasteiger charge is 2.18. The number of carbonyl (C=O) groups is 1. The molecule has 0 atom stereocenters. The third kappa shape index (κ3) is 4.27. The molecule has 0 bridgehead atoms. The summed E-state index contributed by atoms with van der Waals surface area (Å²) >= 11 is 5.83. The van der Waals surface area contributed by atoms with Crippen molar-refractivity contribution in [1.82, 2.24) is 0 Å². The molecule has 3 aromatic carbocycles. The van der Waals surface area contributed by atoms with E-state index in [0.717, 1.165) is 11.1 Å². The molecule has 8 heteroatoms. The molecule has 0 spiro atoms. The van der Waals surface area contributed by atoms with Gasteiger partial charge >= 0.3 is 0 Å². The van der Waals surface area contributed by atoms with Gasteiger partial charge in [-0.2, -0.15) is 0 Å². The van der Waals surface area contributed by atoms with Crippen molar-refractivity contribution in [3.8, 4) is 11.1 Å². The van der Waals surface area contributed by atoms with E-state index in [1.54, 1.807) is 24.3 Å². The molecule has 0 radical (unpaired) electrons. The lowest BCUT2D eigenvalue weighted by Crippen LogP contribution is -2.18. The molecule has 0 heterocycles. The van der Waals surface area contributed by atoms with Crippen LogP contribution in [0, 0.1) is 5.82 Å². The third-order valence-electron chi connectivity index (χ3n) is 3.83. The Kier molecular flexibility index (Phi) is 5.16. The van der Waals surface area contributed by atoms with Crippen LogP contribution >= 0.6 is 11.6 Å². The molecule has 0 saturated carbocycles. The second kappa shape index (κ2) is 7.38. The van der Waals surface area contributed by atoms with Gasteiger partial charge in [-0.15, -0.1) is 0 Å². The van der Waals surface area contributed by atoms with Crippen LogP contribution in [0.2, 0.25) is 5.02 Å². The van der Waals surface area contributed by atoms with Crippen LogP contribution in [0.4, 0.5) is 10.1 Å². The maximum Gasteiger partial charge on any atom is 0.261 e. The van der Waals surface area contributed by atoms with Gasteiger partial charge in [0.25, 0.3) is 15.9 Å². The van der Waals surface area contributed by atoms with Gasteiger partial charge < -0.3 is 5.73 Å². The number of amides is 1. The Balaban J connectivity index is 1.90. The van der Waals surface area contributed by atoms with Crippen LogP contribution in [0.15, 0.2) is 71.6 Å². The monoisotopic (exact) mass is 404 g/mol. The van der Waals surface area contributed by atoms with Crippen molar-refractivity contribution in [3.63, 3.8) is 0 Å². The molecule has 3 aromatic rings. The minimum absolute atomic E-state index is 0.00117. The maximum atomic E-state index is 13.0. The molecule has 3 N–H and O–H groups in total. The van der Waals surface area contributed by atoms with E-state index < -0.39 is 15.9 Å². The molecule has 0 saturated heterocycles. The van der Waals surface area contributed by atoms with Gasteiger partial charge in [-0.25, -0.2) is 12.8 Å². The van der Waals surface area contributed by atoms with Crippen LogP contribution in [0.25, 0.3) is 11.1 Å². The first-order valence-electron chi connectivity index (χ1n) is 7.74. The fourth-order valence-corrected chi connectivity index (χ4v) is 3.73. The number of rotatable bonds is 5. The van der Waals surface area contributed by atoms with Crippen LogP contribution < -0.4 is 10.5 Å². The normalized spacial score (nSPS) is 11.2. The molecule has 138 valence electrons. The van der Waals surface area contributed by atoms with E-state index in [1.165, 1.54) is 42.5 Å². The summed E-state index contributed by atoms with van der Waals surface area (Å²) in [4.78, 5) is 11.5. The molecule has 5 nitrogen and oxygen atoms in total. The summed E-state index contributed by atoms with van der Waals surface area (Å²) in [7, 11) is -3.95. The van der Waals surface area contributed by atoms with Gasteiger partial charge in [-0.1, -0.05) is 35.9 Å². The molecular formula is C19H14ClFN2O3S. The molecule has 3 rings (SSSR count). The summed E-state index contributed by atoms with van der Waals surface area (Å²) in [6, 6.07) is 16.0. The first-order valence-corrected chi connectivity index (χ1v) is 9.60. The van der Waals surface area contributed by atoms with E-state index in [4.69, 9.17) is 17.3 Å². The van der Waals surface area contributed by atoms with E-state index >= 15 is 0 Å². The van der Waals surface area contributed by atoms with Crippen molar-refractivity contribution in [2.45, 2.75) is 4.90 Å². The van der Waals surface area contributed by atoms with E-state index in [2.05, 4.69) is 4.72 Å². The van der Waals surface area contributed by atoms with Crippen molar-refractivity contribution in [2.75, 3.05) is 4.72 Å². The first kappa shape index (κ1) is 18.9. The number of hydrogen-bond donors (Lipinski definition) is 2. The second-order valence-corrected chi connectivity index (χ2v) is 7.81. The minimum atomic E-state index is -3.95. The van der Waals surface area contributed by atoms with Crippen LogP contribution in [0.3, 0.4) is 0 Å². The number of anilines is 1. The lowest BCUT2D eigenvalue weighted by molar-refractivity contribution is 0.100. The van der Waals surface area contributed by atoms with Gasteiger partial charge in [0.1, 0.15) is 5.82 Å². The Labute approximate surface area is 160 Å². The quantitative estimate of drug-likeness (QED) is 0.672. The number of primary amides is 1. The van der Waals surface area contributed by atoms with Crippen LogP contribution in [0.5, 0.6) is 0 Å². The number of nitrogens with two attached hydrogens (primary N) is 1. The highest BCUT2D eigenvalue weighted by Crippen LogP contribution is 2.25. The average molecular weight is 405 g/mol. The number of hydrogen-bond acceptors (Lipinski definition) is 3. The Hall–Kier alpha value is -2.90. The van der Waals surface area contributed by atoms with E-state index in [9.17, 15) is 17.6 Å². The largest absolute Gasteiger partial charge is 0.366 e. The fourth-order valence-electron chi connectivity index (χ4n) is 2.48. The third-order valence-corrected chi connectivity index (χ3v) is 5.45. The lowest BCUT2D eigenvalue weighted by Gasteiger charge is -2.12. The van der Waals surface area contributed by atoms with Gasteiger partial charge in [0, 0.05) is 5.02 Å². The Morgan fingerprint density at radius 2 is 1.48 bits per heavy atom. The predicted octanol–water partition coefficient (Wildman–Crippen LogP) is 4.05. The summed E-state index contributed by atoms with van der Waals surface area (Å²) in [5.74, 6) is -1.16. The average Bonchev–Trinajstić information content (AvgIpc) is 2.63. The van der Waals surface area contributed by atoms with Crippen LogP contribution in [0.1, 0.15) is 10.4 Å². The highest BCUT2D eigenvalue weighted by molar-refractivity contribution is 7.92. The summed E-state index contributed by atoms with van der Waals surface area (Å²) in [6.07, 6.45) is 0. The molecule has 27 heavy (non-hydrogen) atoms. The molecule has 0 aliphatic carbocycles. The van der Waals surface area contributed by atoms with Gasteiger partial charge in [-0.3, -0.25) is 9.52 Å². The number of carbonyl (C=O) groups excluding carboxylic acids is 1. The predicted molar refractivity (Wildman–Crippen MR) is 103 cm³/mol. The standard InChI is InChI=1S/C19H14ClFN2O3S/c20-14-5-10-18(17(11-14)19(22)24)23-27(25,26)16-8-3-13(4-9-16)12-1-6-15(21)7-2-12/h1-11,23H,(H2,22,24). The molecule has 0 fully saturated rings. The molecule has 0 aliphatic rings. The molecule has 0 aromatic heterocycles. The van der Waals surface area contributed by atoms with Crippen molar-refractivity contribution >= 4 is 33.2 Å². The SMILES string of the molecule is NC(=O)c1cc(Cl)ccc1NS(=O)(=O)c1ccc(-c2ccc(F)cc2)cc1. The summed E-state index contributed by atoms with van der Waals surface area (Å²) < 4.78 is 40.6. The Bertz CT molecular complexity index is 1100. The molecule has 0 unspecified atom stereocenters. The summed E-state index contributed by atoms with van der Waals surface area (Å²) in [5.41, 5.74) is 6.77. The number of benzene rings is 3. The number of sulfonamides is 1. The Morgan fingerprint density at radius 1 is 0.926 bits per heavy atom. The van der Waals surface area contributed by atoms with Crippen molar-refractivity contribution < 1.29 is 17.6 Å². The first-order chi connectivity index (χ1) is 12.8. The topological polar surface area (TPSA) is 89.3 Å².